The molecule has 102 valence electrons. The number of nitrogens with zero attached hydrogens (tertiary/aromatic N) is 1. The molecule has 0 aliphatic rings. The Morgan fingerprint density at radius 2 is 1.85 bits per heavy atom. The van der Waals surface area contributed by atoms with Gasteiger partial charge in [0.15, 0.2) is 0 Å². The van der Waals surface area contributed by atoms with Gasteiger partial charge in [-0.15, -0.1) is 0 Å². The summed E-state index contributed by atoms with van der Waals surface area (Å²) in [5, 5.41) is 13.2. The zero-order valence-corrected chi connectivity index (χ0v) is 10.2. The molecule has 0 saturated carbocycles. The summed E-state index contributed by atoms with van der Waals surface area (Å²) in [6, 6.07) is 8.72. The van der Waals surface area contributed by atoms with Gasteiger partial charge in [-0.1, -0.05) is 0 Å². The summed E-state index contributed by atoms with van der Waals surface area (Å²) in [6.45, 7) is 0. The number of hydrogen-bond donors (Lipinski definition) is 2. The fourth-order valence-corrected chi connectivity index (χ4v) is 1.59. The van der Waals surface area contributed by atoms with Gasteiger partial charge >= 0.3 is 0 Å². The summed E-state index contributed by atoms with van der Waals surface area (Å²) < 4.78 is 12.7. The molecule has 2 aromatic rings. The van der Waals surface area contributed by atoms with Crippen LogP contribution < -0.4 is 11.1 Å². The predicted molar refractivity (Wildman–Crippen MR) is 71.9 cm³/mol. The third-order valence-corrected chi connectivity index (χ3v) is 2.59. The maximum absolute atomic E-state index is 12.7. The Morgan fingerprint density at radius 3 is 2.45 bits per heavy atom. The fraction of sp³-hybridized carbons (Fsp3) is 0. The van der Waals surface area contributed by atoms with Crippen LogP contribution in [0.15, 0.2) is 42.5 Å². The van der Waals surface area contributed by atoms with Crippen molar-refractivity contribution < 1.29 is 14.1 Å². The molecule has 2 aromatic carbocycles. The molecule has 0 atom stereocenters. The quantitative estimate of drug-likeness (QED) is 0.511. The number of carbonyl (C=O) groups is 1. The highest BCUT2D eigenvalue weighted by molar-refractivity contribution is 6.08. The lowest BCUT2D eigenvalue weighted by atomic mass is 10.1. The van der Waals surface area contributed by atoms with Gasteiger partial charge in [-0.25, -0.2) is 4.39 Å². The van der Waals surface area contributed by atoms with E-state index in [1.165, 1.54) is 36.4 Å². The largest absolute Gasteiger partial charge is 0.398 e. The molecule has 0 aliphatic carbocycles. The number of nitro benzene ring substituents is 1. The first-order valence-corrected chi connectivity index (χ1v) is 5.58. The maximum atomic E-state index is 12.7. The highest BCUT2D eigenvalue weighted by atomic mass is 19.1. The highest BCUT2D eigenvalue weighted by Crippen LogP contribution is 2.21. The number of nitrogen functional groups attached to an aromatic ring is 1. The van der Waals surface area contributed by atoms with Crippen LogP contribution in [0.1, 0.15) is 10.4 Å². The zero-order chi connectivity index (χ0) is 14.7. The maximum Gasteiger partial charge on any atom is 0.270 e. The number of nitro groups is 1. The molecule has 3 N–H and O–H groups in total. The number of anilines is 2. The Kier molecular flexibility index (Phi) is 3.60. The second-order valence-corrected chi connectivity index (χ2v) is 3.99. The molecule has 0 radical (unpaired) electrons. The van der Waals surface area contributed by atoms with E-state index in [-0.39, 0.29) is 16.9 Å². The van der Waals surface area contributed by atoms with Gasteiger partial charge in [-0.3, -0.25) is 14.9 Å². The molecule has 0 aliphatic heterocycles. The topological polar surface area (TPSA) is 98.3 Å². The number of non-ortho nitro benzene ring substituents is 1. The van der Waals surface area contributed by atoms with E-state index < -0.39 is 16.6 Å². The van der Waals surface area contributed by atoms with Gasteiger partial charge in [0.1, 0.15) is 5.82 Å². The predicted octanol–water partition coefficient (Wildman–Crippen LogP) is 2.57. The van der Waals surface area contributed by atoms with Crippen molar-refractivity contribution in [2.75, 3.05) is 11.1 Å². The van der Waals surface area contributed by atoms with Gasteiger partial charge in [-0.05, 0) is 30.3 Å². The lowest BCUT2D eigenvalue weighted by Gasteiger charge is -2.07. The highest BCUT2D eigenvalue weighted by Gasteiger charge is 2.15. The van der Waals surface area contributed by atoms with E-state index in [1.54, 1.807) is 0 Å². The lowest BCUT2D eigenvalue weighted by Crippen LogP contribution is -2.14. The summed E-state index contributed by atoms with van der Waals surface area (Å²) in [5.74, 6) is -1.03. The minimum absolute atomic E-state index is 0.0106. The molecule has 2 rings (SSSR count). The molecule has 0 spiro atoms. The Labute approximate surface area is 113 Å². The van der Waals surface area contributed by atoms with Gasteiger partial charge in [0.2, 0.25) is 0 Å². The number of carbonyl (C=O) groups excluding carboxylic acids is 1. The first kappa shape index (κ1) is 13.5. The van der Waals surface area contributed by atoms with E-state index in [0.29, 0.717) is 5.69 Å². The number of benzene rings is 2. The van der Waals surface area contributed by atoms with Crippen molar-refractivity contribution in [3.8, 4) is 0 Å². The van der Waals surface area contributed by atoms with E-state index in [2.05, 4.69) is 5.32 Å². The van der Waals surface area contributed by atoms with Crippen LogP contribution in [-0.2, 0) is 0 Å². The second kappa shape index (κ2) is 5.35. The van der Waals surface area contributed by atoms with Gasteiger partial charge in [0.25, 0.3) is 11.6 Å². The number of hydrogen-bond acceptors (Lipinski definition) is 4. The summed E-state index contributed by atoms with van der Waals surface area (Å²) in [6.07, 6.45) is 0. The smallest absolute Gasteiger partial charge is 0.270 e. The molecule has 0 heterocycles. The summed E-state index contributed by atoms with van der Waals surface area (Å²) >= 11 is 0. The van der Waals surface area contributed by atoms with E-state index in [9.17, 15) is 19.3 Å². The van der Waals surface area contributed by atoms with Crippen molar-refractivity contribution in [1.82, 2.24) is 0 Å². The summed E-state index contributed by atoms with van der Waals surface area (Å²) in [7, 11) is 0. The number of nitrogens with one attached hydrogen (secondary N) is 1. The first-order chi connectivity index (χ1) is 9.47. The van der Waals surface area contributed by atoms with Crippen molar-refractivity contribution in [3.63, 3.8) is 0 Å². The molecule has 0 aromatic heterocycles. The molecular formula is C13H10FN3O3. The van der Waals surface area contributed by atoms with Crippen LogP contribution >= 0.6 is 0 Å². The van der Waals surface area contributed by atoms with Crippen LogP contribution in [0.2, 0.25) is 0 Å². The van der Waals surface area contributed by atoms with E-state index in [1.807, 2.05) is 0 Å². The van der Waals surface area contributed by atoms with Gasteiger partial charge < -0.3 is 11.1 Å². The van der Waals surface area contributed by atoms with Crippen LogP contribution in [0.3, 0.4) is 0 Å². The number of halogens is 1. The van der Waals surface area contributed by atoms with Crippen LogP contribution in [0.4, 0.5) is 21.5 Å². The fourth-order valence-electron chi connectivity index (χ4n) is 1.59. The van der Waals surface area contributed by atoms with Crippen molar-refractivity contribution in [2.24, 2.45) is 0 Å². The molecule has 0 bridgehead atoms. The van der Waals surface area contributed by atoms with Crippen molar-refractivity contribution in [3.05, 3.63) is 64.0 Å². The van der Waals surface area contributed by atoms with Crippen LogP contribution in [0, 0.1) is 15.9 Å². The van der Waals surface area contributed by atoms with Gasteiger partial charge in [0.05, 0.1) is 10.5 Å². The Morgan fingerprint density at radius 1 is 1.20 bits per heavy atom. The Bertz CT molecular complexity index is 671. The molecule has 0 fully saturated rings. The van der Waals surface area contributed by atoms with E-state index in [0.717, 1.165) is 6.07 Å². The normalized spacial score (nSPS) is 10.1. The SMILES string of the molecule is Nc1ccc([N+](=O)[O-])cc1C(=O)Nc1ccc(F)cc1. The molecule has 1 amide bonds. The summed E-state index contributed by atoms with van der Waals surface area (Å²) in [5.41, 5.74) is 5.87. The Hall–Kier alpha value is -2.96. The number of amides is 1. The summed E-state index contributed by atoms with van der Waals surface area (Å²) in [4.78, 5) is 22.0. The number of nitrogens with two attached hydrogens (primary N) is 1. The molecule has 7 heteroatoms. The monoisotopic (exact) mass is 275 g/mol. The van der Waals surface area contributed by atoms with Crippen LogP contribution in [0.5, 0.6) is 0 Å². The number of rotatable bonds is 3. The van der Waals surface area contributed by atoms with Crippen molar-refractivity contribution in [2.45, 2.75) is 0 Å². The second-order valence-electron chi connectivity index (χ2n) is 3.99. The average Bonchev–Trinajstić information content (AvgIpc) is 2.41. The van der Waals surface area contributed by atoms with Crippen LogP contribution in [-0.4, -0.2) is 10.8 Å². The van der Waals surface area contributed by atoms with Gasteiger partial charge in [-0.2, -0.15) is 0 Å². The lowest BCUT2D eigenvalue weighted by molar-refractivity contribution is -0.384. The van der Waals surface area contributed by atoms with Gasteiger partial charge in [0, 0.05) is 23.5 Å². The molecule has 0 unspecified atom stereocenters. The third-order valence-electron chi connectivity index (χ3n) is 2.59. The zero-order valence-electron chi connectivity index (χ0n) is 10.2. The van der Waals surface area contributed by atoms with Crippen molar-refractivity contribution >= 4 is 23.0 Å². The molecule has 0 saturated heterocycles. The third kappa shape index (κ3) is 2.89. The first-order valence-electron chi connectivity index (χ1n) is 5.58. The van der Waals surface area contributed by atoms with E-state index in [4.69, 9.17) is 5.73 Å². The Balaban J connectivity index is 2.26. The minimum atomic E-state index is -0.617. The molecular weight excluding hydrogens is 265 g/mol. The van der Waals surface area contributed by atoms with E-state index >= 15 is 0 Å². The average molecular weight is 275 g/mol. The van der Waals surface area contributed by atoms with Crippen molar-refractivity contribution in [1.29, 1.82) is 0 Å². The van der Waals surface area contributed by atoms with Crippen LogP contribution in [0.25, 0.3) is 0 Å². The molecule has 20 heavy (non-hydrogen) atoms. The minimum Gasteiger partial charge on any atom is -0.398 e. The standard InChI is InChI=1S/C13H10FN3O3/c14-8-1-3-9(4-2-8)16-13(18)11-7-10(17(19)20)5-6-12(11)15/h1-7H,15H2,(H,16,18). The molecule has 6 nitrogen and oxygen atoms in total.